The summed E-state index contributed by atoms with van der Waals surface area (Å²) in [5, 5.41) is 3.65. The second-order valence-corrected chi connectivity index (χ2v) is 6.95. The normalized spacial score (nSPS) is 13.5. The number of hydrogen-bond acceptors (Lipinski definition) is 3. The minimum absolute atomic E-state index is 0.105. The summed E-state index contributed by atoms with van der Waals surface area (Å²) in [5.74, 6) is 0. The number of hydrogen-bond donors (Lipinski definition) is 1. The third-order valence-electron chi connectivity index (χ3n) is 3.95. The van der Waals surface area contributed by atoms with Gasteiger partial charge in [0.25, 0.3) is 0 Å². The first kappa shape index (κ1) is 15.0. The van der Waals surface area contributed by atoms with Crippen LogP contribution in [0, 0.1) is 6.92 Å². The molecular formula is C17H21N3OS. The van der Waals surface area contributed by atoms with E-state index in [0.717, 1.165) is 23.5 Å². The average molecular weight is 315 g/mol. The molecule has 5 heteroatoms. The molecule has 1 aliphatic rings. The van der Waals surface area contributed by atoms with E-state index < -0.39 is 0 Å². The zero-order valence-electron chi connectivity index (χ0n) is 13.1. The van der Waals surface area contributed by atoms with Crippen LogP contribution in [-0.4, -0.2) is 23.0 Å². The van der Waals surface area contributed by atoms with Crippen LogP contribution < -0.4 is 5.32 Å². The van der Waals surface area contributed by atoms with Gasteiger partial charge in [-0.3, -0.25) is 5.32 Å². The molecule has 1 aliphatic carbocycles. The van der Waals surface area contributed by atoms with Gasteiger partial charge in [-0.15, -0.1) is 11.3 Å². The van der Waals surface area contributed by atoms with Crippen LogP contribution in [0.4, 0.5) is 9.93 Å². The Bertz CT molecular complexity index is 640. The standard InChI is InChI=1S/C17H21N3OS/c1-12-7-9-13(10-8-12)11-20(2)17(21)19-16-18-14-5-3-4-6-15(14)22-16/h7-10H,3-6,11H2,1-2H3,(H,18,19,21). The highest BCUT2D eigenvalue weighted by molar-refractivity contribution is 7.15. The number of fused-ring (bicyclic) bond motifs is 1. The first-order chi connectivity index (χ1) is 10.6. The number of anilines is 1. The SMILES string of the molecule is Cc1ccc(CN(C)C(=O)Nc2nc3c(s2)CCCC3)cc1. The molecule has 1 heterocycles. The van der Waals surface area contributed by atoms with Crippen LogP contribution in [0.1, 0.15) is 34.5 Å². The number of aryl methyl sites for hydroxylation is 3. The van der Waals surface area contributed by atoms with Crippen LogP contribution in [-0.2, 0) is 19.4 Å². The van der Waals surface area contributed by atoms with Crippen molar-refractivity contribution < 1.29 is 4.79 Å². The lowest BCUT2D eigenvalue weighted by Gasteiger charge is -2.17. The molecule has 0 unspecified atom stereocenters. The van der Waals surface area contributed by atoms with Gasteiger partial charge in [0.1, 0.15) is 0 Å². The molecule has 0 fully saturated rings. The maximum absolute atomic E-state index is 12.3. The number of aromatic nitrogens is 1. The number of rotatable bonds is 3. The second kappa shape index (κ2) is 6.48. The fraction of sp³-hybridized carbons (Fsp3) is 0.412. The molecular weight excluding hydrogens is 294 g/mol. The average Bonchev–Trinajstić information content (AvgIpc) is 2.91. The molecule has 116 valence electrons. The Morgan fingerprint density at radius 3 is 2.73 bits per heavy atom. The van der Waals surface area contributed by atoms with Gasteiger partial charge >= 0.3 is 6.03 Å². The van der Waals surface area contributed by atoms with Gasteiger partial charge in [0.2, 0.25) is 0 Å². The van der Waals surface area contributed by atoms with Crippen molar-refractivity contribution in [1.29, 1.82) is 0 Å². The summed E-state index contributed by atoms with van der Waals surface area (Å²) in [6, 6.07) is 8.14. The molecule has 0 aliphatic heterocycles. The van der Waals surface area contributed by atoms with E-state index in [0.29, 0.717) is 6.54 Å². The van der Waals surface area contributed by atoms with Crippen LogP contribution in [0.3, 0.4) is 0 Å². The number of thiazole rings is 1. The smallest absolute Gasteiger partial charge is 0.323 e. The van der Waals surface area contributed by atoms with Crippen molar-refractivity contribution in [3.05, 3.63) is 46.0 Å². The highest BCUT2D eigenvalue weighted by atomic mass is 32.1. The lowest BCUT2D eigenvalue weighted by Crippen LogP contribution is -2.30. The Labute approximate surface area is 135 Å². The number of amides is 2. The fourth-order valence-corrected chi connectivity index (χ4v) is 3.67. The van der Waals surface area contributed by atoms with Gasteiger partial charge in [0.15, 0.2) is 5.13 Å². The van der Waals surface area contributed by atoms with Crippen molar-refractivity contribution in [2.75, 3.05) is 12.4 Å². The lowest BCUT2D eigenvalue weighted by atomic mass is 10.0. The van der Waals surface area contributed by atoms with Crippen LogP contribution in [0.15, 0.2) is 24.3 Å². The highest BCUT2D eigenvalue weighted by Gasteiger charge is 2.17. The van der Waals surface area contributed by atoms with Gasteiger partial charge in [0.05, 0.1) is 5.69 Å². The van der Waals surface area contributed by atoms with Gasteiger partial charge in [-0.25, -0.2) is 9.78 Å². The van der Waals surface area contributed by atoms with Crippen molar-refractivity contribution in [3.8, 4) is 0 Å². The van der Waals surface area contributed by atoms with Crippen LogP contribution in [0.25, 0.3) is 0 Å². The minimum atomic E-state index is -0.105. The third kappa shape index (κ3) is 3.47. The Morgan fingerprint density at radius 1 is 1.27 bits per heavy atom. The molecule has 2 aromatic rings. The molecule has 4 nitrogen and oxygen atoms in total. The van der Waals surface area contributed by atoms with E-state index >= 15 is 0 Å². The van der Waals surface area contributed by atoms with Gasteiger partial charge < -0.3 is 4.90 Å². The summed E-state index contributed by atoms with van der Waals surface area (Å²) in [6.45, 7) is 2.65. The number of carbonyl (C=O) groups excluding carboxylic acids is 1. The number of carbonyl (C=O) groups is 1. The summed E-state index contributed by atoms with van der Waals surface area (Å²) in [6.07, 6.45) is 4.58. The topological polar surface area (TPSA) is 45.2 Å². The highest BCUT2D eigenvalue weighted by Crippen LogP contribution is 2.29. The molecule has 0 saturated carbocycles. The largest absolute Gasteiger partial charge is 0.323 e. The molecule has 1 aromatic carbocycles. The third-order valence-corrected chi connectivity index (χ3v) is 5.02. The molecule has 1 N–H and O–H groups in total. The van der Waals surface area contributed by atoms with Crippen molar-refractivity contribution >= 4 is 22.5 Å². The van der Waals surface area contributed by atoms with E-state index in [-0.39, 0.29) is 6.03 Å². The van der Waals surface area contributed by atoms with Gasteiger partial charge in [-0.2, -0.15) is 0 Å². The summed E-state index contributed by atoms with van der Waals surface area (Å²) in [4.78, 5) is 19.9. The lowest BCUT2D eigenvalue weighted by molar-refractivity contribution is 0.220. The number of nitrogens with zero attached hydrogens (tertiary/aromatic N) is 2. The minimum Gasteiger partial charge on any atom is -0.323 e. The van der Waals surface area contributed by atoms with Gasteiger partial charge in [-0.05, 0) is 38.2 Å². The van der Waals surface area contributed by atoms with Gasteiger partial charge in [0, 0.05) is 18.5 Å². The molecule has 22 heavy (non-hydrogen) atoms. The molecule has 3 rings (SSSR count). The Hall–Kier alpha value is -1.88. The summed E-state index contributed by atoms with van der Waals surface area (Å²) in [7, 11) is 1.81. The van der Waals surface area contributed by atoms with E-state index in [2.05, 4.69) is 41.5 Å². The predicted molar refractivity (Wildman–Crippen MR) is 90.4 cm³/mol. The molecule has 0 bridgehead atoms. The maximum Gasteiger partial charge on any atom is 0.323 e. The van der Waals surface area contributed by atoms with E-state index in [9.17, 15) is 4.79 Å². The van der Waals surface area contributed by atoms with E-state index in [1.807, 2.05) is 7.05 Å². The fourth-order valence-electron chi connectivity index (χ4n) is 2.63. The van der Waals surface area contributed by atoms with Crippen molar-refractivity contribution in [1.82, 2.24) is 9.88 Å². The first-order valence-electron chi connectivity index (χ1n) is 7.68. The number of nitrogens with one attached hydrogen (secondary N) is 1. The Morgan fingerprint density at radius 2 is 2.00 bits per heavy atom. The summed E-state index contributed by atoms with van der Waals surface area (Å²) < 4.78 is 0. The summed E-state index contributed by atoms with van der Waals surface area (Å²) in [5.41, 5.74) is 3.53. The molecule has 0 radical (unpaired) electrons. The van der Waals surface area contributed by atoms with Crippen molar-refractivity contribution in [3.63, 3.8) is 0 Å². The zero-order chi connectivity index (χ0) is 15.5. The number of benzene rings is 1. The Kier molecular flexibility index (Phi) is 4.43. The molecule has 0 spiro atoms. The van der Waals surface area contributed by atoms with Crippen LogP contribution in [0.5, 0.6) is 0 Å². The zero-order valence-corrected chi connectivity index (χ0v) is 13.9. The quantitative estimate of drug-likeness (QED) is 0.930. The molecule has 1 aromatic heterocycles. The van der Waals surface area contributed by atoms with Gasteiger partial charge in [-0.1, -0.05) is 29.8 Å². The number of urea groups is 1. The van der Waals surface area contributed by atoms with E-state index in [4.69, 9.17) is 0 Å². The molecule has 2 amide bonds. The predicted octanol–water partition coefficient (Wildman–Crippen LogP) is 3.99. The van der Waals surface area contributed by atoms with Crippen LogP contribution in [0.2, 0.25) is 0 Å². The van der Waals surface area contributed by atoms with E-state index in [1.54, 1.807) is 16.2 Å². The first-order valence-corrected chi connectivity index (χ1v) is 8.50. The monoisotopic (exact) mass is 315 g/mol. The van der Waals surface area contributed by atoms with E-state index in [1.165, 1.54) is 29.0 Å². The summed E-state index contributed by atoms with van der Waals surface area (Å²) >= 11 is 1.62. The van der Waals surface area contributed by atoms with Crippen molar-refractivity contribution in [2.45, 2.75) is 39.2 Å². The van der Waals surface area contributed by atoms with Crippen molar-refractivity contribution in [2.24, 2.45) is 0 Å². The second-order valence-electron chi connectivity index (χ2n) is 5.87. The molecule has 0 saturated heterocycles. The maximum atomic E-state index is 12.3. The van der Waals surface area contributed by atoms with Crippen LogP contribution >= 0.6 is 11.3 Å². The molecule has 0 atom stereocenters. The Balaban J connectivity index is 1.61.